The molecule has 2 heterocycles. The molecule has 0 radical (unpaired) electrons. The third kappa shape index (κ3) is 2.55. The fraction of sp³-hybridized carbons (Fsp3) is 0.455. The van der Waals surface area contributed by atoms with E-state index in [1.54, 1.807) is 4.68 Å². The Bertz CT molecular complexity index is 543. The number of carbonyl (C=O) groups is 1. The van der Waals surface area contributed by atoms with Crippen molar-refractivity contribution in [2.45, 2.75) is 26.9 Å². The van der Waals surface area contributed by atoms with Crippen LogP contribution in [0.15, 0.2) is 18.6 Å². The second-order valence-electron chi connectivity index (χ2n) is 4.43. The highest BCUT2D eigenvalue weighted by Crippen LogP contribution is 2.05. The second-order valence-corrected chi connectivity index (χ2v) is 4.43. The predicted molar refractivity (Wildman–Crippen MR) is 63.1 cm³/mol. The summed E-state index contributed by atoms with van der Waals surface area (Å²) in [5.74, 6) is 0.152. The van der Waals surface area contributed by atoms with Crippen molar-refractivity contribution in [2.24, 2.45) is 5.92 Å². The van der Waals surface area contributed by atoms with Crippen molar-refractivity contribution in [1.82, 2.24) is 24.5 Å². The molecular weight excluding hydrogens is 234 g/mol. The summed E-state index contributed by atoms with van der Waals surface area (Å²) in [5.41, 5.74) is 0.147. The first-order valence-electron chi connectivity index (χ1n) is 5.69. The van der Waals surface area contributed by atoms with Gasteiger partial charge in [0, 0.05) is 12.7 Å². The Labute approximate surface area is 104 Å². The Hall–Kier alpha value is -2.18. The second kappa shape index (κ2) is 4.99. The van der Waals surface area contributed by atoms with Crippen molar-refractivity contribution < 1.29 is 9.90 Å². The Morgan fingerprint density at radius 2 is 2.17 bits per heavy atom. The third-order valence-corrected chi connectivity index (χ3v) is 2.46. The van der Waals surface area contributed by atoms with E-state index in [1.807, 2.05) is 0 Å². The lowest BCUT2D eigenvalue weighted by molar-refractivity contribution is 0.0683. The van der Waals surface area contributed by atoms with Gasteiger partial charge in [0.2, 0.25) is 0 Å². The van der Waals surface area contributed by atoms with Crippen LogP contribution in [0, 0.1) is 5.92 Å². The van der Waals surface area contributed by atoms with E-state index in [4.69, 9.17) is 5.11 Å². The summed E-state index contributed by atoms with van der Waals surface area (Å²) in [6.07, 6.45) is 2.94. The first kappa shape index (κ1) is 12.3. The lowest BCUT2D eigenvalue weighted by atomic mass is 10.2. The topological polar surface area (TPSA) is 85.8 Å². The van der Waals surface area contributed by atoms with E-state index >= 15 is 0 Å². The SMILES string of the molecule is CC(C)Cn1ncnc1Cn1nccc1C(=O)O. The summed E-state index contributed by atoms with van der Waals surface area (Å²) in [6.45, 7) is 5.23. The molecule has 0 unspecified atom stereocenters. The molecule has 7 heteroatoms. The average molecular weight is 249 g/mol. The van der Waals surface area contributed by atoms with Crippen molar-refractivity contribution in [3.05, 3.63) is 30.1 Å². The molecule has 0 bridgehead atoms. The zero-order valence-electron chi connectivity index (χ0n) is 10.3. The van der Waals surface area contributed by atoms with Crippen LogP contribution in [-0.2, 0) is 13.1 Å². The van der Waals surface area contributed by atoms with Gasteiger partial charge in [-0.25, -0.2) is 14.5 Å². The number of rotatable bonds is 5. The van der Waals surface area contributed by atoms with Crippen LogP contribution in [0.1, 0.15) is 30.2 Å². The van der Waals surface area contributed by atoms with Crippen molar-refractivity contribution in [2.75, 3.05) is 0 Å². The molecule has 0 saturated heterocycles. The molecule has 0 fully saturated rings. The number of aromatic carboxylic acids is 1. The van der Waals surface area contributed by atoms with Crippen molar-refractivity contribution >= 4 is 5.97 Å². The van der Waals surface area contributed by atoms with Crippen molar-refractivity contribution in [3.8, 4) is 0 Å². The summed E-state index contributed by atoms with van der Waals surface area (Å²) in [4.78, 5) is 15.1. The summed E-state index contributed by atoms with van der Waals surface area (Å²) in [5, 5.41) is 17.1. The molecule has 1 N–H and O–H groups in total. The van der Waals surface area contributed by atoms with E-state index in [9.17, 15) is 4.79 Å². The number of hydrogen-bond donors (Lipinski definition) is 1. The van der Waals surface area contributed by atoms with Crippen LogP contribution in [0.5, 0.6) is 0 Å². The molecule has 18 heavy (non-hydrogen) atoms. The Morgan fingerprint density at radius 1 is 1.39 bits per heavy atom. The van der Waals surface area contributed by atoms with E-state index in [1.165, 1.54) is 23.3 Å². The van der Waals surface area contributed by atoms with Crippen LogP contribution < -0.4 is 0 Å². The van der Waals surface area contributed by atoms with Gasteiger partial charge in [0.05, 0.1) is 0 Å². The number of carboxylic acids is 1. The molecule has 0 aromatic carbocycles. The van der Waals surface area contributed by atoms with Gasteiger partial charge < -0.3 is 5.11 Å². The van der Waals surface area contributed by atoms with Gasteiger partial charge in [-0.2, -0.15) is 10.2 Å². The molecule has 0 aliphatic heterocycles. The average Bonchev–Trinajstić information content (AvgIpc) is 2.88. The van der Waals surface area contributed by atoms with Gasteiger partial charge in [0.25, 0.3) is 0 Å². The molecule has 96 valence electrons. The Kier molecular flexibility index (Phi) is 3.40. The maximum Gasteiger partial charge on any atom is 0.354 e. The summed E-state index contributed by atoms with van der Waals surface area (Å²) in [7, 11) is 0. The maximum atomic E-state index is 11.0. The standard InChI is InChI=1S/C11H15N5O2/c1-8(2)5-16-10(12-7-14-16)6-15-9(11(17)18)3-4-13-15/h3-4,7-8H,5-6H2,1-2H3,(H,17,18). The number of hydrogen-bond acceptors (Lipinski definition) is 4. The Balaban J connectivity index is 2.21. The number of aromatic nitrogens is 5. The zero-order valence-corrected chi connectivity index (χ0v) is 10.3. The molecule has 2 rings (SSSR count). The van der Waals surface area contributed by atoms with E-state index in [0.717, 1.165) is 6.54 Å². The van der Waals surface area contributed by atoms with Gasteiger partial charge in [0.1, 0.15) is 24.4 Å². The molecule has 7 nitrogen and oxygen atoms in total. The minimum Gasteiger partial charge on any atom is -0.477 e. The van der Waals surface area contributed by atoms with Crippen LogP contribution in [0.3, 0.4) is 0 Å². The summed E-state index contributed by atoms with van der Waals surface area (Å²) >= 11 is 0. The van der Waals surface area contributed by atoms with E-state index in [-0.39, 0.29) is 5.69 Å². The molecule has 0 saturated carbocycles. The van der Waals surface area contributed by atoms with Crippen molar-refractivity contribution in [1.29, 1.82) is 0 Å². The monoisotopic (exact) mass is 249 g/mol. The van der Waals surface area contributed by atoms with Gasteiger partial charge in [-0.15, -0.1) is 0 Å². The fourth-order valence-electron chi connectivity index (χ4n) is 1.68. The molecule has 0 aliphatic carbocycles. The molecule has 2 aromatic rings. The first-order chi connectivity index (χ1) is 8.58. The van der Waals surface area contributed by atoms with Crippen LogP contribution in [0.25, 0.3) is 0 Å². The first-order valence-corrected chi connectivity index (χ1v) is 5.69. The third-order valence-electron chi connectivity index (χ3n) is 2.46. The fourth-order valence-corrected chi connectivity index (χ4v) is 1.68. The number of carboxylic acid groups (broad SMARTS) is 1. The smallest absolute Gasteiger partial charge is 0.354 e. The van der Waals surface area contributed by atoms with Gasteiger partial charge >= 0.3 is 5.97 Å². The van der Waals surface area contributed by atoms with E-state index in [0.29, 0.717) is 18.3 Å². The van der Waals surface area contributed by atoms with E-state index in [2.05, 4.69) is 29.0 Å². The van der Waals surface area contributed by atoms with Crippen molar-refractivity contribution in [3.63, 3.8) is 0 Å². The minimum atomic E-state index is -0.998. The lowest BCUT2D eigenvalue weighted by Crippen LogP contribution is -2.16. The number of nitrogens with zero attached hydrogens (tertiary/aromatic N) is 5. The van der Waals surface area contributed by atoms with Crippen LogP contribution in [-0.4, -0.2) is 35.6 Å². The Morgan fingerprint density at radius 3 is 2.83 bits per heavy atom. The molecule has 0 spiro atoms. The zero-order chi connectivity index (χ0) is 13.1. The minimum absolute atomic E-state index is 0.147. The normalized spacial score (nSPS) is 11.1. The summed E-state index contributed by atoms with van der Waals surface area (Å²) < 4.78 is 3.18. The highest BCUT2D eigenvalue weighted by Gasteiger charge is 2.13. The largest absolute Gasteiger partial charge is 0.477 e. The molecular formula is C11H15N5O2. The van der Waals surface area contributed by atoms with Gasteiger partial charge in [-0.05, 0) is 12.0 Å². The van der Waals surface area contributed by atoms with Crippen LogP contribution in [0.4, 0.5) is 0 Å². The lowest BCUT2D eigenvalue weighted by Gasteiger charge is -2.09. The van der Waals surface area contributed by atoms with Crippen LogP contribution >= 0.6 is 0 Å². The maximum absolute atomic E-state index is 11.0. The molecule has 2 aromatic heterocycles. The predicted octanol–water partition coefficient (Wildman–Crippen LogP) is 0.877. The molecule has 0 atom stereocenters. The quantitative estimate of drug-likeness (QED) is 0.850. The molecule has 0 amide bonds. The van der Waals surface area contributed by atoms with Crippen LogP contribution in [0.2, 0.25) is 0 Å². The molecule has 0 aliphatic rings. The summed E-state index contributed by atoms with van der Waals surface area (Å²) in [6, 6.07) is 1.46. The van der Waals surface area contributed by atoms with Gasteiger partial charge in [0.15, 0.2) is 0 Å². The highest BCUT2D eigenvalue weighted by molar-refractivity contribution is 5.85. The highest BCUT2D eigenvalue weighted by atomic mass is 16.4. The van der Waals surface area contributed by atoms with Gasteiger partial charge in [-0.3, -0.25) is 4.68 Å². The van der Waals surface area contributed by atoms with E-state index < -0.39 is 5.97 Å². The van der Waals surface area contributed by atoms with Gasteiger partial charge in [-0.1, -0.05) is 13.8 Å².